The van der Waals surface area contributed by atoms with Gasteiger partial charge in [0.1, 0.15) is 11.1 Å². The Bertz CT molecular complexity index is 1890. The number of H-pyrrole nitrogens is 1. The number of aromatic nitrogens is 1. The number of amides is 3. The molecule has 3 heterocycles. The van der Waals surface area contributed by atoms with Gasteiger partial charge in [0.15, 0.2) is 18.1 Å². The number of hydrogen-bond acceptors (Lipinski definition) is 8. The summed E-state index contributed by atoms with van der Waals surface area (Å²) in [7, 11) is 0. The highest BCUT2D eigenvalue weighted by molar-refractivity contribution is 8.00. The van der Waals surface area contributed by atoms with Crippen molar-refractivity contribution in [2.24, 2.45) is 5.92 Å². The van der Waals surface area contributed by atoms with Crippen molar-refractivity contribution in [1.82, 2.24) is 4.98 Å². The predicted octanol–water partition coefficient (Wildman–Crippen LogP) is 5.81. The summed E-state index contributed by atoms with van der Waals surface area (Å²) < 4.78 is 66.4. The zero-order valence-electron chi connectivity index (χ0n) is 23.7. The molecule has 3 amide bonds. The van der Waals surface area contributed by atoms with E-state index in [1.807, 2.05) is 0 Å². The molecule has 4 aromatic rings. The summed E-state index contributed by atoms with van der Waals surface area (Å²) in [5.74, 6) is -4.28. The Labute approximate surface area is 266 Å². The molecule has 2 aliphatic rings. The molecule has 238 valence electrons. The van der Waals surface area contributed by atoms with Crippen LogP contribution in [0.4, 0.5) is 28.9 Å². The van der Waals surface area contributed by atoms with Crippen molar-refractivity contribution in [3.63, 3.8) is 0 Å². The van der Waals surface area contributed by atoms with E-state index in [9.17, 15) is 36.7 Å². The van der Waals surface area contributed by atoms with Gasteiger partial charge in [-0.1, -0.05) is 41.3 Å². The number of ether oxygens (including phenoxy) is 2. The van der Waals surface area contributed by atoms with Crippen LogP contribution in [0.3, 0.4) is 0 Å². The summed E-state index contributed by atoms with van der Waals surface area (Å²) in [4.78, 5) is 55.8. The highest BCUT2D eigenvalue weighted by atomic mass is 32.2. The molecule has 2 aliphatic heterocycles. The van der Waals surface area contributed by atoms with Crippen LogP contribution < -0.4 is 24.6 Å². The molecule has 6 rings (SSSR count). The molecule has 46 heavy (non-hydrogen) atoms. The molecular formula is C31H23F4N3O6S2. The molecule has 0 aliphatic carbocycles. The number of benzene rings is 3. The quantitative estimate of drug-likeness (QED) is 0.179. The second kappa shape index (κ2) is 12.3. The molecule has 0 radical (unpaired) electrons. The van der Waals surface area contributed by atoms with Crippen LogP contribution in [0, 0.1) is 11.7 Å². The molecule has 0 bridgehead atoms. The summed E-state index contributed by atoms with van der Waals surface area (Å²) in [6.45, 7) is 1.48. The van der Waals surface area contributed by atoms with Gasteiger partial charge in [-0.05, 0) is 61.0 Å². The second-order valence-electron chi connectivity index (χ2n) is 10.3. The minimum absolute atomic E-state index is 0.179. The van der Waals surface area contributed by atoms with Crippen molar-refractivity contribution < 1.29 is 41.4 Å². The SMILES string of the molecule is CCOc1cc(C2c3sc(=O)[nH]c3SC3C(=O)N(c4ccccc4C(F)(F)F)C(=O)C32)ccc1OCC(=O)Nc1ccc(F)cc1. The zero-order valence-corrected chi connectivity index (χ0v) is 25.4. The van der Waals surface area contributed by atoms with Crippen LogP contribution in [0.25, 0.3) is 0 Å². The standard InChI is InChI=1S/C31H23F4N3O6S2/c1-2-43-21-13-15(7-12-20(21)44-14-22(39)36-17-10-8-16(32)9-11-17)23-24-26(45-27-25(23)46-30(42)37-27)29(41)38(28(24)40)19-6-4-3-5-18(19)31(33,34)35/h3-13,23-24,26H,2,14H2,1H3,(H,36,39)(H,37,42). The maximum Gasteiger partial charge on any atom is 0.418 e. The Balaban J connectivity index is 1.33. The number of thiazole rings is 1. The number of halogens is 4. The molecule has 1 saturated heterocycles. The van der Waals surface area contributed by atoms with Gasteiger partial charge in [0, 0.05) is 16.5 Å². The number of para-hydroxylation sites is 1. The van der Waals surface area contributed by atoms with E-state index in [2.05, 4.69) is 10.3 Å². The summed E-state index contributed by atoms with van der Waals surface area (Å²) in [5.41, 5.74) is -0.869. The summed E-state index contributed by atoms with van der Waals surface area (Å²) in [6.07, 6.45) is -4.82. The van der Waals surface area contributed by atoms with Crippen LogP contribution in [-0.2, 0) is 20.6 Å². The smallest absolute Gasteiger partial charge is 0.418 e. The largest absolute Gasteiger partial charge is 0.490 e. The number of carbonyl (C=O) groups excluding carboxylic acids is 3. The molecule has 0 spiro atoms. The van der Waals surface area contributed by atoms with Gasteiger partial charge in [0.2, 0.25) is 11.8 Å². The van der Waals surface area contributed by atoms with Crippen LogP contribution >= 0.6 is 23.1 Å². The molecule has 1 fully saturated rings. The number of nitrogens with one attached hydrogen (secondary N) is 2. The first-order valence-corrected chi connectivity index (χ1v) is 15.5. The fourth-order valence-electron chi connectivity index (χ4n) is 5.50. The number of aromatic amines is 1. The molecule has 3 unspecified atom stereocenters. The monoisotopic (exact) mass is 673 g/mol. The van der Waals surface area contributed by atoms with Crippen molar-refractivity contribution in [1.29, 1.82) is 0 Å². The lowest BCUT2D eigenvalue weighted by Gasteiger charge is -2.30. The Morgan fingerprint density at radius 3 is 2.43 bits per heavy atom. The van der Waals surface area contributed by atoms with E-state index in [1.54, 1.807) is 19.1 Å². The van der Waals surface area contributed by atoms with Crippen molar-refractivity contribution in [3.8, 4) is 11.5 Å². The van der Waals surface area contributed by atoms with Crippen LogP contribution in [0.1, 0.15) is 28.8 Å². The van der Waals surface area contributed by atoms with Crippen LogP contribution in [-0.4, -0.2) is 41.2 Å². The van der Waals surface area contributed by atoms with Crippen molar-refractivity contribution in [2.75, 3.05) is 23.4 Å². The van der Waals surface area contributed by atoms with Gasteiger partial charge >= 0.3 is 11.0 Å². The minimum atomic E-state index is -4.82. The van der Waals surface area contributed by atoms with E-state index in [1.165, 1.54) is 42.5 Å². The molecule has 1 aromatic heterocycles. The first kappa shape index (κ1) is 31.4. The molecule has 2 N–H and O–H groups in total. The third kappa shape index (κ3) is 5.87. The summed E-state index contributed by atoms with van der Waals surface area (Å²) in [6, 6.07) is 14.2. The third-order valence-electron chi connectivity index (χ3n) is 7.39. The molecule has 3 atom stereocenters. The van der Waals surface area contributed by atoms with Crippen LogP contribution in [0.5, 0.6) is 11.5 Å². The maximum atomic E-state index is 14.0. The van der Waals surface area contributed by atoms with E-state index in [-0.39, 0.29) is 18.1 Å². The highest BCUT2D eigenvalue weighted by Gasteiger charge is 2.57. The summed E-state index contributed by atoms with van der Waals surface area (Å²) >= 11 is 1.79. The van der Waals surface area contributed by atoms with Crippen molar-refractivity contribution in [2.45, 2.75) is 29.3 Å². The third-order valence-corrected chi connectivity index (χ3v) is 9.79. The topological polar surface area (TPSA) is 118 Å². The highest BCUT2D eigenvalue weighted by Crippen LogP contribution is 2.54. The molecular weight excluding hydrogens is 650 g/mol. The number of alkyl halides is 3. The average molecular weight is 674 g/mol. The average Bonchev–Trinajstić information content (AvgIpc) is 3.51. The molecule has 0 saturated carbocycles. The first-order chi connectivity index (χ1) is 22.0. The molecule has 15 heteroatoms. The van der Waals surface area contributed by atoms with Gasteiger partial charge in [-0.15, -0.1) is 0 Å². The fourth-order valence-corrected chi connectivity index (χ4v) is 8.02. The number of rotatable bonds is 8. The zero-order chi connectivity index (χ0) is 32.7. The Kier molecular flexibility index (Phi) is 8.37. The Morgan fingerprint density at radius 1 is 0.978 bits per heavy atom. The number of carbonyl (C=O) groups is 3. The normalized spacial score (nSPS) is 19.1. The number of nitrogens with zero attached hydrogens (tertiary/aromatic N) is 1. The van der Waals surface area contributed by atoms with Gasteiger partial charge < -0.3 is 19.8 Å². The lowest BCUT2D eigenvalue weighted by molar-refractivity contribution is -0.137. The van der Waals surface area contributed by atoms with Crippen LogP contribution in [0.2, 0.25) is 0 Å². The summed E-state index contributed by atoms with van der Waals surface area (Å²) in [5, 5.41) is 1.82. The van der Waals surface area contributed by atoms with E-state index < -0.39 is 69.5 Å². The van der Waals surface area contributed by atoms with E-state index in [4.69, 9.17) is 9.47 Å². The van der Waals surface area contributed by atoms with E-state index >= 15 is 0 Å². The molecule has 9 nitrogen and oxygen atoms in total. The fraction of sp³-hybridized carbons (Fsp3) is 0.226. The minimum Gasteiger partial charge on any atom is -0.490 e. The Morgan fingerprint density at radius 2 is 1.72 bits per heavy atom. The van der Waals surface area contributed by atoms with E-state index in [0.29, 0.717) is 26.1 Å². The van der Waals surface area contributed by atoms with E-state index in [0.717, 1.165) is 35.2 Å². The lowest BCUT2D eigenvalue weighted by atomic mass is 9.83. The number of imide groups is 1. The van der Waals surface area contributed by atoms with Gasteiger partial charge in [-0.25, -0.2) is 9.29 Å². The number of fused-ring (bicyclic) bond motifs is 2. The molecule has 3 aromatic carbocycles. The maximum absolute atomic E-state index is 14.0. The van der Waals surface area contributed by atoms with Gasteiger partial charge in [-0.3, -0.25) is 19.2 Å². The van der Waals surface area contributed by atoms with Crippen LogP contribution in [0.15, 0.2) is 76.6 Å². The Hall–Kier alpha value is -4.63. The van der Waals surface area contributed by atoms with Gasteiger partial charge in [0.05, 0.1) is 28.8 Å². The first-order valence-electron chi connectivity index (χ1n) is 13.8. The second-order valence-corrected chi connectivity index (χ2v) is 12.4. The number of hydrogen-bond donors (Lipinski definition) is 2. The lowest BCUT2D eigenvalue weighted by Crippen LogP contribution is -2.33. The van der Waals surface area contributed by atoms with Crippen molar-refractivity contribution >= 4 is 52.2 Å². The number of anilines is 2. The number of thioether (sulfide) groups is 1. The predicted molar refractivity (Wildman–Crippen MR) is 162 cm³/mol. The van der Waals surface area contributed by atoms with Gasteiger partial charge in [-0.2, -0.15) is 13.2 Å². The van der Waals surface area contributed by atoms with Gasteiger partial charge in [0.25, 0.3) is 5.91 Å². The van der Waals surface area contributed by atoms with Crippen molar-refractivity contribution in [3.05, 3.63) is 98.2 Å².